The molecule has 0 aliphatic heterocycles. The summed E-state index contributed by atoms with van der Waals surface area (Å²) in [5.41, 5.74) is 0. The van der Waals surface area contributed by atoms with E-state index in [4.69, 9.17) is 15.3 Å². The van der Waals surface area contributed by atoms with E-state index in [1.165, 1.54) is 11.8 Å². The van der Waals surface area contributed by atoms with E-state index in [0.717, 1.165) is 0 Å². The number of hydrogen-bond donors (Lipinski definition) is 3. The Hall–Kier alpha value is -1.14. The van der Waals surface area contributed by atoms with Crippen molar-refractivity contribution in [3.63, 3.8) is 0 Å². The van der Waals surface area contributed by atoms with Crippen LogP contribution < -0.4 is 0 Å². The average molecular weight is 219 g/mol. The SMILES string of the molecule is CC(C(=O)O)N(CCCO)CCC(=O)O. The third-order valence-corrected chi connectivity index (χ3v) is 2.12. The first-order chi connectivity index (χ1) is 6.99. The van der Waals surface area contributed by atoms with Crippen LogP contribution in [-0.2, 0) is 9.59 Å². The molecule has 0 aliphatic carbocycles. The molecule has 0 aromatic rings. The predicted octanol–water partition coefficient (Wildman–Crippen LogP) is -0.381. The molecule has 0 rings (SSSR count). The summed E-state index contributed by atoms with van der Waals surface area (Å²) in [4.78, 5) is 22.6. The van der Waals surface area contributed by atoms with E-state index >= 15 is 0 Å². The van der Waals surface area contributed by atoms with Gasteiger partial charge in [-0.15, -0.1) is 0 Å². The molecule has 0 aromatic carbocycles. The van der Waals surface area contributed by atoms with Crippen LogP contribution in [0, 0.1) is 0 Å². The molecule has 1 unspecified atom stereocenters. The minimum Gasteiger partial charge on any atom is -0.481 e. The fourth-order valence-electron chi connectivity index (χ4n) is 1.17. The molecule has 1 atom stereocenters. The zero-order valence-corrected chi connectivity index (χ0v) is 8.72. The summed E-state index contributed by atoms with van der Waals surface area (Å²) in [5, 5.41) is 25.9. The number of aliphatic hydroxyl groups is 1. The van der Waals surface area contributed by atoms with Gasteiger partial charge in [-0.05, 0) is 13.3 Å². The van der Waals surface area contributed by atoms with Gasteiger partial charge < -0.3 is 15.3 Å². The molecule has 15 heavy (non-hydrogen) atoms. The van der Waals surface area contributed by atoms with Crippen LogP contribution in [0.2, 0.25) is 0 Å². The van der Waals surface area contributed by atoms with E-state index in [2.05, 4.69) is 0 Å². The zero-order valence-electron chi connectivity index (χ0n) is 8.72. The topological polar surface area (TPSA) is 98.1 Å². The first kappa shape index (κ1) is 13.9. The molecular formula is C9H17NO5. The average Bonchev–Trinajstić information content (AvgIpc) is 2.16. The minimum absolute atomic E-state index is 0.0318. The second-order valence-electron chi connectivity index (χ2n) is 3.27. The second-order valence-corrected chi connectivity index (χ2v) is 3.27. The second kappa shape index (κ2) is 7.19. The largest absolute Gasteiger partial charge is 0.481 e. The quantitative estimate of drug-likeness (QED) is 0.514. The third-order valence-electron chi connectivity index (χ3n) is 2.12. The van der Waals surface area contributed by atoms with Gasteiger partial charge in [0.15, 0.2) is 0 Å². The number of rotatable bonds is 8. The van der Waals surface area contributed by atoms with Gasteiger partial charge >= 0.3 is 11.9 Å². The van der Waals surface area contributed by atoms with Crippen molar-refractivity contribution in [2.45, 2.75) is 25.8 Å². The van der Waals surface area contributed by atoms with E-state index < -0.39 is 18.0 Å². The number of aliphatic carboxylic acids is 2. The van der Waals surface area contributed by atoms with E-state index in [9.17, 15) is 9.59 Å². The number of hydrogen-bond acceptors (Lipinski definition) is 4. The minimum atomic E-state index is -0.988. The van der Waals surface area contributed by atoms with Crippen molar-refractivity contribution in [3.05, 3.63) is 0 Å². The Morgan fingerprint density at radius 2 is 1.87 bits per heavy atom. The van der Waals surface area contributed by atoms with Crippen molar-refractivity contribution in [1.82, 2.24) is 4.90 Å². The van der Waals surface area contributed by atoms with Crippen LogP contribution in [0.25, 0.3) is 0 Å². The Balaban J connectivity index is 4.16. The standard InChI is InChI=1S/C9H17NO5/c1-7(9(14)15)10(4-2-6-11)5-3-8(12)13/h7,11H,2-6H2,1H3,(H,12,13)(H,14,15). The molecule has 0 spiro atoms. The first-order valence-electron chi connectivity index (χ1n) is 4.78. The van der Waals surface area contributed by atoms with Gasteiger partial charge in [0.2, 0.25) is 0 Å². The molecule has 88 valence electrons. The van der Waals surface area contributed by atoms with Gasteiger partial charge in [-0.3, -0.25) is 14.5 Å². The fourth-order valence-corrected chi connectivity index (χ4v) is 1.17. The van der Waals surface area contributed by atoms with Gasteiger partial charge in [0.1, 0.15) is 6.04 Å². The molecule has 0 radical (unpaired) electrons. The maximum absolute atomic E-state index is 10.7. The number of nitrogens with zero attached hydrogens (tertiary/aromatic N) is 1. The Kier molecular flexibility index (Phi) is 6.64. The lowest BCUT2D eigenvalue weighted by Gasteiger charge is -2.25. The van der Waals surface area contributed by atoms with Crippen molar-refractivity contribution in [2.75, 3.05) is 19.7 Å². The normalized spacial score (nSPS) is 12.7. The van der Waals surface area contributed by atoms with Crippen LogP contribution in [0.15, 0.2) is 0 Å². The highest BCUT2D eigenvalue weighted by atomic mass is 16.4. The molecule has 6 heteroatoms. The van der Waals surface area contributed by atoms with E-state index in [0.29, 0.717) is 13.0 Å². The lowest BCUT2D eigenvalue weighted by molar-refractivity contribution is -0.144. The van der Waals surface area contributed by atoms with E-state index in [1.54, 1.807) is 0 Å². The van der Waals surface area contributed by atoms with Gasteiger partial charge in [0.05, 0.1) is 6.42 Å². The van der Waals surface area contributed by atoms with Crippen molar-refractivity contribution < 1.29 is 24.9 Å². The maximum Gasteiger partial charge on any atom is 0.320 e. The van der Waals surface area contributed by atoms with Crippen LogP contribution in [-0.4, -0.2) is 57.9 Å². The summed E-state index contributed by atoms with van der Waals surface area (Å²) in [7, 11) is 0. The number of carbonyl (C=O) groups is 2. The Labute approximate surface area is 88.1 Å². The van der Waals surface area contributed by atoms with E-state index in [-0.39, 0.29) is 19.6 Å². The van der Waals surface area contributed by atoms with Gasteiger partial charge in [-0.2, -0.15) is 0 Å². The monoisotopic (exact) mass is 219 g/mol. The summed E-state index contributed by atoms with van der Waals surface area (Å²) < 4.78 is 0. The highest BCUT2D eigenvalue weighted by molar-refractivity contribution is 5.73. The van der Waals surface area contributed by atoms with Crippen LogP contribution in [0.3, 0.4) is 0 Å². The molecule has 0 fully saturated rings. The van der Waals surface area contributed by atoms with Crippen LogP contribution in [0.5, 0.6) is 0 Å². The lowest BCUT2D eigenvalue weighted by atomic mass is 10.2. The molecule has 0 saturated carbocycles. The van der Waals surface area contributed by atoms with Gasteiger partial charge in [0.25, 0.3) is 0 Å². The van der Waals surface area contributed by atoms with E-state index in [1.807, 2.05) is 0 Å². The van der Waals surface area contributed by atoms with Crippen LogP contribution in [0.4, 0.5) is 0 Å². The number of carboxylic acid groups (broad SMARTS) is 2. The Bertz CT molecular complexity index is 219. The van der Waals surface area contributed by atoms with Gasteiger partial charge in [-0.25, -0.2) is 0 Å². The van der Waals surface area contributed by atoms with Crippen LogP contribution >= 0.6 is 0 Å². The Morgan fingerprint density at radius 1 is 1.27 bits per heavy atom. The predicted molar refractivity (Wildman–Crippen MR) is 52.6 cm³/mol. The maximum atomic E-state index is 10.7. The fraction of sp³-hybridized carbons (Fsp3) is 0.778. The number of carboxylic acids is 2. The van der Waals surface area contributed by atoms with Crippen molar-refractivity contribution in [2.24, 2.45) is 0 Å². The summed E-state index contributed by atoms with van der Waals surface area (Å²) in [6.45, 7) is 2.04. The highest BCUT2D eigenvalue weighted by Gasteiger charge is 2.20. The highest BCUT2D eigenvalue weighted by Crippen LogP contribution is 2.02. The molecular weight excluding hydrogens is 202 g/mol. The number of aliphatic hydroxyl groups excluding tert-OH is 1. The zero-order chi connectivity index (χ0) is 11.8. The summed E-state index contributed by atoms with van der Waals surface area (Å²) in [6, 6.07) is -0.726. The van der Waals surface area contributed by atoms with Crippen molar-refractivity contribution in [3.8, 4) is 0 Å². The first-order valence-corrected chi connectivity index (χ1v) is 4.78. The summed E-state index contributed by atoms with van der Waals surface area (Å²) >= 11 is 0. The van der Waals surface area contributed by atoms with Crippen molar-refractivity contribution >= 4 is 11.9 Å². The molecule has 0 bridgehead atoms. The molecule has 0 saturated heterocycles. The van der Waals surface area contributed by atoms with Gasteiger partial charge in [-0.1, -0.05) is 0 Å². The molecule has 6 nitrogen and oxygen atoms in total. The summed E-state index contributed by atoms with van der Waals surface area (Å²) in [5.74, 6) is -1.94. The molecule has 0 aromatic heterocycles. The van der Waals surface area contributed by atoms with Gasteiger partial charge in [0, 0.05) is 19.7 Å². The smallest absolute Gasteiger partial charge is 0.320 e. The molecule has 0 aliphatic rings. The van der Waals surface area contributed by atoms with Crippen LogP contribution in [0.1, 0.15) is 19.8 Å². The summed E-state index contributed by atoms with van der Waals surface area (Å²) in [6.07, 6.45) is 0.348. The molecule has 3 N–H and O–H groups in total. The molecule has 0 heterocycles. The molecule has 0 amide bonds. The van der Waals surface area contributed by atoms with Crippen molar-refractivity contribution in [1.29, 1.82) is 0 Å². The third kappa shape index (κ3) is 6.03. The Morgan fingerprint density at radius 3 is 2.27 bits per heavy atom. The lowest BCUT2D eigenvalue weighted by Crippen LogP contribution is -2.41.